The molecule has 0 saturated heterocycles. The summed E-state index contributed by atoms with van der Waals surface area (Å²) in [6, 6.07) is 7.25. The summed E-state index contributed by atoms with van der Waals surface area (Å²) in [6.07, 6.45) is -0.0188. The summed E-state index contributed by atoms with van der Waals surface area (Å²) in [4.78, 5) is 12.6. The van der Waals surface area contributed by atoms with E-state index in [0.717, 1.165) is 21.2 Å². The predicted octanol–water partition coefficient (Wildman–Crippen LogP) is 4.67. The van der Waals surface area contributed by atoms with Crippen molar-refractivity contribution in [2.45, 2.75) is 39.4 Å². The van der Waals surface area contributed by atoms with Crippen molar-refractivity contribution in [2.75, 3.05) is 6.61 Å². The van der Waals surface area contributed by atoms with Gasteiger partial charge in [0, 0.05) is 17.7 Å². The van der Waals surface area contributed by atoms with Gasteiger partial charge in [0.1, 0.15) is 11.0 Å². The Balaban J connectivity index is 1.95. The average Bonchev–Trinajstić information content (AvgIpc) is 3.40. The first-order valence-corrected chi connectivity index (χ1v) is 11.3. The van der Waals surface area contributed by atoms with Crippen LogP contribution in [0.25, 0.3) is 21.1 Å². The van der Waals surface area contributed by atoms with Crippen molar-refractivity contribution in [1.29, 1.82) is 0 Å². The molecule has 0 aliphatic carbocycles. The Morgan fingerprint density at radius 1 is 1.30 bits per heavy atom. The van der Waals surface area contributed by atoms with Crippen LogP contribution >= 0.6 is 11.3 Å². The lowest BCUT2D eigenvalue weighted by Gasteiger charge is -2.22. The fourth-order valence-corrected chi connectivity index (χ4v) is 5.07. The van der Waals surface area contributed by atoms with Crippen molar-refractivity contribution in [3.05, 3.63) is 51.9 Å². The Morgan fingerprint density at radius 2 is 2.09 bits per heavy atom. The van der Waals surface area contributed by atoms with Crippen molar-refractivity contribution in [1.82, 2.24) is 15.0 Å². The quantitative estimate of drug-likeness (QED) is 0.373. The van der Waals surface area contributed by atoms with Gasteiger partial charge in [-0.05, 0) is 65.1 Å². The van der Waals surface area contributed by atoms with Gasteiger partial charge in [0.15, 0.2) is 5.75 Å². The zero-order chi connectivity index (χ0) is 23.7. The molecule has 2 aromatic carbocycles. The first-order chi connectivity index (χ1) is 15.8. The van der Waals surface area contributed by atoms with Gasteiger partial charge in [-0.1, -0.05) is 11.3 Å². The molecular weight excluding hydrogens is 452 g/mol. The number of carbonyl (C=O) groups is 1. The maximum atomic E-state index is 13.2. The van der Waals surface area contributed by atoms with Crippen LogP contribution < -0.4 is 4.74 Å². The number of fused-ring (bicyclic) bond motifs is 2. The minimum absolute atomic E-state index is 0.0188. The second kappa shape index (κ2) is 9.40. The van der Waals surface area contributed by atoms with Gasteiger partial charge in [0.25, 0.3) is 0 Å². The molecule has 0 aliphatic rings. The van der Waals surface area contributed by atoms with Crippen LogP contribution in [0.1, 0.15) is 41.5 Å². The van der Waals surface area contributed by atoms with Gasteiger partial charge >= 0.3 is 12.6 Å². The van der Waals surface area contributed by atoms with Gasteiger partial charge < -0.3 is 14.6 Å². The molecule has 1 N–H and O–H groups in total. The summed E-state index contributed by atoms with van der Waals surface area (Å²) in [5, 5.41) is 20.9. The highest BCUT2D eigenvalue weighted by molar-refractivity contribution is 7.17. The van der Waals surface area contributed by atoms with E-state index in [4.69, 9.17) is 9.47 Å². The molecule has 0 bridgehead atoms. The van der Waals surface area contributed by atoms with Crippen LogP contribution in [0.5, 0.6) is 5.75 Å². The number of halogens is 2. The van der Waals surface area contributed by atoms with E-state index < -0.39 is 18.5 Å². The van der Waals surface area contributed by atoms with Crippen LogP contribution in [0.2, 0.25) is 0 Å². The molecule has 0 radical (unpaired) electrons. The van der Waals surface area contributed by atoms with Gasteiger partial charge in [0.05, 0.1) is 19.6 Å². The minimum atomic E-state index is -3.04. The number of aromatic nitrogens is 3. The Hall–Kier alpha value is -3.11. The summed E-state index contributed by atoms with van der Waals surface area (Å²) in [5.41, 5.74) is 3.55. The topological polar surface area (TPSA) is 86.5 Å². The Bertz CT molecular complexity index is 1320. The smallest absolute Gasteiger partial charge is 0.387 e. The maximum absolute atomic E-state index is 13.2. The Labute approximate surface area is 192 Å². The van der Waals surface area contributed by atoms with Crippen LogP contribution in [0.3, 0.4) is 0 Å². The number of aryl methyl sites for hydroxylation is 2. The second-order valence-corrected chi connectivity index (χ2v) is 8.53. The molecule has 33 heavy (non-hydrogen) atoms. The number of benzene rings is 2. The lowest BCUT2D eigenvalue weighted by molar-refractivity contribution is -0.143. The predicted molar refractivity (Wildman–Crippen MR) is 121 cm³/mol. The van der Waals surface area contributed by atoms with Gasteiger partial charge in [0.2, 0.25) is 0 Å². The Kier molecular flexibility index (Phi) is 6.57. The van der Waals surface area contributed by atoms with Crippen LogP contribution in [0, 0.1) is 6.92 Å². The molecule has 0 aliphatic heterocycles. The highest BCUT2D eigenvalue weighted by Gasteiger charge is 2.27. The standard InChI is InChI=1S/C23H23F2N3O4S/c1-4-31-19(30)10-17(14-7-13-5-6-33-22(13)15(8-14)11-29)16-9-18(32-23(24)25)21-20(12(16)2)26-27-28(21)3/h5-9,17,23,29H,4,10-11H2,1-3H3/t17-/m1/s1. The van der Waals surface area contributed by atoms with E-state index in [1.54, 1.807) is 14.0 Å². The third kappa shape index (κ3) is 4.40. The molecule has 4 aromatic rings. The number of rotatable bonds is 8. The van der Waals surface area contributed by atoms with E-state index in [9.17, 15) is 18.7 Å². The van der Waals surface area contributed by atoms with Crippen LogP contribution in [0.4, 0.5) is 8.78 Å². The molecule has 1 atom stereocenters. The molecule has 174 valence electrons. The maximum Gasteiger partial charge on any atom is 0.387 e. The van der Waals surface area contributed by atoms with E-state index in [2.05, 4.69) is 10.3 Å². The van der Waals surface area contributed by atoms with Crippen LogP contribution in [-0.2, 0) is 23.2 Å². The molecule has 0 amide bonds. The van der Waals surface area contributed by atoms with E-state index in [1.807, 2.05) is 30.5 Å². The number of alkyl halides is 2. The highest BCUT2D eigenvalue weighted by atomic mass is 32.1. The zero-order valence-corrected chi connectivity index (χ0v) is 19.2. The van der Waals surface area contributed by atoms with E-state index in [1.165, 1.54) is 22.1 Å². The van der Waals surface area contributed by atoms with Gasteiger partial charge in [-0.25, -0.2) is 4.68 Å². The van der Waals surface area contributed by atoms with E-state index in [0.29, 0.717) is 22.2 Å². The first-order valence-electron chi connectivity index (χ1n) is 10.4. The number of aliphatic hydroxyl groups is 1. The van der Waals surface area contributed by atoms with Gasteiger partial charge in [-0.2, -0.15) is 8.78 Å². The fourth-order valence-electron chi connectivity index (χ4n) is 4.18. The third-order valence-corrected chi connectivity index (χ3v) is 6.63. The molecule has 0 fully saturated rings. The summed E-state index contributed by atoms with van der Waals surface area (Å²) in [6.45, 7) is 0.551. The lowest BCUT2D eigenvalue weighted by atomic mass is 9.84. The van der Waals surface area contributed by atoms with E-state index >= 15 is 0 Å². The van der Waals surface area contributed by atoms with Crippen LogP contribution in [0.15, 0.2) is 29.6 Å². The number of thiophene rings is 1. The summed E-state index contributed by atoms with van der Waals surface area (Å²) < 4.78 is 38.8. The Morgan fingerprint density at radius 3 is 2.79 bits per heavy atom. The third-order valence-electron chi connectivity index (χ3n) is 5.63. The molecular formula is C23H23F2N3O4S. The van der Waals surface area contributed by atoms with Crippen molar-refractivity contribution < 1.29 is 28.2 Å². The molecule has 0 unspecified atom stereocenters. The molecule has 7 nitrogen and oxygen atoms in total. The monoisotopic (exact) mass is 475 g/mol. The van der Waals surface area contributed by atoms with Gasteiger partial charge in [-0.3, -0.25) is 4.79 Å². The lowest BCUT2D eigenvalue weighted by Crippen LogP contribution is -2.14. The summed E-state index contributed by atoms with van der Waals surface area (Å²) in [5.74, 6) is -1.03. The number of esters is 1. The van der Waals surface area contributed by atoms with E-state index in [-0.39, 0.29) is 25.4 Å². The number of hydrogen-bond acceptors (Lipinski definition) is 7. The molecule has 0 saturated carbocycles. The normalized spacial score (nSPS) is 12.6. The van der Waals surface area contributed by atoms with Crippen molar-refractivity contribution in [3.8, 4) is 5.75 Å². The summed E-state index contributed by atoms with van der Waals surface area (Å²) >= 11 is 1.52. The average molecular weight is 476 g/mol. The largest absolute Gasteiger partial charge is 0.466 e. The molecule has 4 rings (SSSR count). The number of nitrogens with zero attached hydrogens (tertiary/aromatic N) is 3. The molecule has 2 heterocycles. The highest BCUT2D eigenvalue weighted by Crippen LogP contribution is 2.40. The van der Waals surface area contributed by atoms with Crippen LogP contribution in [-0.4, -0.2) is 39.3 Å². The number of aliphatic hydroxyl groups excluding tert-OH is 1. The number of hydrogen-bond donors (Lipinski definition) is 1. The number of carbonyl (C=O) groups excluding carboxylic acids is 1. The molecule has 10 heteroatoms. The first kappa shape index (κ1) is 23.1. The number of ether oxygens (including phenoxy) is 2. The fraction of sp³-hybridized carbons (Fsp3) is 0.348. The minimum Gasteiger partial charge on any atom is -0.466 e. The van der Waals surface area contributed by atoms with Crippen molar-refractivity contribution >= 4 is 38.4 Å². The van der Waals surface area contributed by atoms with Crippen molar-refractivity contribution in [2.24, 2.45) is 7.05 Å². The molecule has 2 aromatic heterocycles. The SMILES string of the molecule is CCOC(=O)C[C@H](c1cc(CO)c2sccc2c1)c1cc(OC(F)F)c2c(nnn2C)c1C. The summed E-state index contributed by atoms with van der Waals surface area (Å²) in [7, 11) is 1.60. The molecule has 0 spiro atoms. The van der Waals surface area contributed by atoms with Crippen molar-refractivity contribution in [3.63, 3.8) is 0 Å². The second-order valence-electron chi connectivity index (χ2n) is 7.62. The zero-order valence-electron chi connectivity index (χ0n) is 18.3. The van der Waals surface area contributed by atoms with Gasteiger partial charge in [-0.15, -0.1) is 16.4 Å².